The molecule has 8 aromatic rings. The smallest absolute Gasteiger partial charge is 0.872 e. The molecule has 0 unspecified atom stereocenters. The van der Waals surface area contributed by atoms with Gasteiger partial charge >= 0.3 is 34.1 Å². The number of hydrogen-bond donors (Lipinski definition) is 2. The molecule has 0 aliphatic heterocycles. The third-order valence-electron chi connectivity index (χ3n) is 21.9. The van der Waals surface area contributed by atoms with Crippen molar-refractivity contribution in [2.75, 3.05) is 20.4 Å². The normalized spacial score (nSPS) is 13.0. The molecule has 2 N–H and O–H groups in total. The van der Waals surface area contributed by atoms with Gasteiger partial charge in [0.25, 0.3) is 0 Å². The maximum atomic E-state index is 14.5. The molecule has 0 saturated heterocycles. The van der Waals surface area contributed by atoms with Gasteiger partial charge in [0.15, 0.2) is 0 Å². The molecule has 0 atom stereocenters. The van der Waals surface area contributed by atoms with Crippen molar-refractivity contribution >= 4 is 22.7 Å². The summed E-state index contributed by atoms with van der Waals surface area (Å²) in [4.78, 5) is 4.36. The Balaban J connectivity index is 0.000000400. The molecule has 0 bridgehead atoms. The van der Waals surface area contributed by atoms with E-state index in [2.05, 4.69) is 355 Å². The van der Waals surface area contributed by atoms with Gasteiger partial charge in [-0.3, -0.25) is 0 Å². The summed E-state index contributed by atoms with van der Waals surface area (Å²) in [5, 5.41) is 93.2. The first-order chi connectivity index (χ1) is 50.6. The van der Waals surface area contributed by atoms with Gasteiger partial charge in [0.2, 0.25) is 0 Å². The Bertz CT molecular complexity index is 4210. The van der Waals surface area contributed by atoms with E-state index in [4.69, 9.17) is 0 Å². The Labute approximate surface area is 712 Å². The van der Waals surface area contributed by atoms with E-state index < -0.39 is 0 Å². The van der Waals surface area contributed by atoms with E-state index in [0.29, 0.717) is 72.6 Å². The fraction of sp³-hybridized carbons (Fsp3) is 0.529. The van der Waals surface area contributed by atoms with Crippen LogP contribution in [0.4, 0.5) is 22.7 Å². The number of nitrogens with one attached hydrogen (secondary N) is 2. The molecule has 0 fully saturated rings. The summed E-state index contributed by atoms with van der Waals surface area (Å²) >= 11 is 0. The van der Waals surface area contributed by atoms with Crippen molar-refractivity contribution in [1.29, 1.82) is 0 Å². The van der Waals surface area contributed by atoms with Gasteiger partial charge in [0.1, 0.15) is 0 Å². The van der Waals surface area contributed by atoms with Gasteiger partial charge in [-0.1, -0.05) is 346 Å². The minimum Gasteiger partial charge on any atom is -0.872 e. The molecular formula is C102H142Fe2N4O6+4. The summed E-state index contributed by atoms with van der Waals surface area (Å²) in [6.07, 6.45) is 0. The van der Waals surface area contributed by atoms with Crippen LogP contribution in [0.1, 0.15) is 349 Å². The van der Waals surface area contributed by atoms with Gasteiger partial charge < -0.3 is 51.1 Å². The van der Waals surface area contributed by atoms with Gasteiger partial charge in [-0.2, -0.15) is 0 Å². The molecule has 0 amide bonds. The number of benzene rings is 8. The standard InChI is InChI=1S/2C51H74N2O3.2Fe/c2*1-46(2,3)35-23-32(43(54)38(26-35)49(10,11)12)29-52-41-21-19-20-22-42(41)53(30-33-24-36(47(4,5)6)27-39(44(33)55)50(13,14)15)31-34-25-37(48(7,8)9)28-40(45(34)56)51(16,17)18;;/h2*19-28,52,54-56H,29-31H2,1-18H3;;/q;;2*+5/p-6. The second-order valence-corrected chi connectivity index (χ2v) is 44.5. The van der Waals surface area contributed by atoms with Crippen molar-refractivity contribution in [3.05, 3.63) is 221 Å². The van der Waals surface area contributed by atoms with E-state index in [1.54, 1.807) is 0 Å². The minimum absolute atomic E-state index is 0. The zero-order chi connectivity index (χ0) is 85.1. The van der Waals surface area contributed by atoms with Crippen LogP contribution in [0.15, 0.2) is 121 Å². The molecule has 0 spiro atoms. The summed E-state index contributed by atoms with van der Waals surface area (Å²) < 4.78 is 0. The number of rotatable bonds is 16. The maximum Gasteiger partial charge on any atom is 5.00 e. The first-order valence-corrected chi connectivity index (χ1v) is 40.8. The van der Waals surface area contributed by atoms with Crippen molar-refractivity contribution in [2.24, 2.45) is 0 Å². The van der Waals surface area contributed by atoms with E-state index in [9.17, 15) is 30.6 Å². The van der Waals surface area contributed by atoms with Gasteiger partial charge in [-0.05, 0) is 189 Å². The van der Waals surface area contributed by atoms with Crippen LogP contribution in [0.25, 0.3) is 0 Å². The van der Waals surface area contributed by atoms with Gasteiger partial charge in [0, 0.05) is 39.3 Å². The molecule has 12 heteroatoms. The van der Waals surface area contributed by atoms with Crippen molar-refractivity contribution in [1.82, 2.24) is 0 Å². The van der Waals surface area contributed by atoms with Gasteiger partial charge in [-0.25, -0.2) is 0 Å². The largest absolute Gasteiger partial charge is 5.00 e. The first kappa shape index (κ1) is 97.4. The van der Waals surface area contributed by atoms with Crippen LogP contribution in [0.3, 0.4) is 0 Å². The van der Waals surface area contributed by atoms with Crippen LogP contribution >= 0.6 is 0 Å². The van der Waals surface area contributed by atoms with Crippen LogP contribution in [0.2, 0.25) is 0 Å². The van der Waals surface area contributed by atoms with Crippen molar-refractivity contribution in [3.63, 3.8) is 0 Å². The molecule has 10 nitrogen and oxygen atoms in total. The number of nitrogens with zero attached hydrogens (tertiary/aromatic N) is 2. The molecule has 114 heavy (non-hydrogen) atoms. The molecule has 2 radical (unpaired) electrons. The Hall–Kier alpha value is -7.20. The quantitative estimate of drug-likeness (QED) is 0.0888. The fourth-order valence-electron chi connectivity index (χ4n) is 14.3. The Morgan fingerprint density at radius 3 is 0.544 bits per heavy atom. The SMILES string of the molecule is CC(C)(C)c1cc(CNc2ccccc2N(Cc2cc(C(C)(C)C)cc(C(C)(C)C)c2[O-])Cc2cc(C(C)(C)C)cc(C(C)(C)C)c2[O-])c([O-])c(C(C)(C)C)c1.CC(C)(C)c1cc(CNc2ccccc2N(Cc2cc(C(C)(C)C)cc(C(C)(C)C)c2[O-])Cc2cc(C(C)(C)C)cc(C(C)(C)C)c2[O-])c([O-])c(C(C)(C)C)c1.[Fe+5].[Fe+5]. The molecule has 0 saturated carbocycles. The summed E-state index contributed by atoms with van der Waals surface area (Å²) in [5.74, 6) is 0.251. The molecule has 0 aliphatic carbocycles. The third-order valence-corrected chi connectivity index (χ3v) is 21.9. The Kier molecular flexibility index (Phi) is 29.7. The van der Waals surface area contributed by atoms with Crippen LogP contribution in [-0.4, -0.2) is 0 Å². The van der Waals surface area contributed by atoms with Gasteiger partial charge in [0.05, 0.1) is 22.7 Å². The topological polar surface area (TPSA) is 169 Å². The molecule has 8 rings (SSSR count). The third kappa shape index (κ3) is 24.0. The molecule has 8 aromatic carbocycles. The van der Waals surface area contributed by atoms with E-state index >= 15 is 0 Å². The van der Waals surface area contributed by atoms with E-state index in [0.717, 1.165) is 89.5 Å². The summed E-state index contributed by atoms with van der Waals surface area (Å²) in [6, 6.07) is 41.0. The van der Waals surface area contributed by atoms with Crippen molar-refractivity contribution < 1.29 is 64.8 Å². The molecular weight excluding hydrogens is 1490 g/mol. The summed E-state index contributed by atoms with van der Waals surface area (Å²) in [6.45, 7) is 78.8. The Morgan fingerprint density at radius 1 is 0.219 bits per heavy atom. The second kappa shape index (κ2) is 34.8. The molecule has 0 aromatic heterocycles. The van der Waals surface area contributed by atoms with Crippen LogP contribution in [0, 0.1) is 0 Å². The maximum absolute atomic E-state index is 14.5. The van der Waals surface area contributed by atoms with Crippen LogP contribution < -0.4 is 51.1 Å². The van der Waals surface area contributed by atoms with Crippen molar-refractivity contribution in [2.45, 2.75) is 354 Å². The van der Waals surface area contributed by atoms with Crippen LogP contribution in [0.5, 0.6) is 34.5 Å². The average Bonchev–Trinajstić information content (AvgIpc) is 0.797. The predicted molar refractivity (Wildman–Crippen MR) is 467 cm³/mol. The molecule has 618 valence electrons. The van der Waals surface area contributed by atoms with E-state index in [-0.39, 0.29) is 134 Å². The predicted octanol–water partition coefficient (Wildman–Crippen LogP) is 23.0. The molecule has 0 aliphatic rings. The van der Waals surface area contributed by atoms with Gasteiger partial charge in [-0.15, -0.1) is 34.5 Å². The fourth-order valence-corrected chi connectivity index (χ4v) is 14.3. The minimum atomic E-state index is -0.355. The van der Waals surface area contributed by atoms with Crippen molar-refractivity contribution in [3.8, 4) is 34.5 Å². The zero-order valence-corrected chi connectivity index (χ0v) is 79.0. The molecule has 0 heterocycles. The Morgan fingerprint density at radius 2 is 0.377 bits per heavy atom. The number of para-hydroxylation sites is 4. The zero-order valence-electron chi connectivity index (χ0n) is 76.8. The number of hydrogen-bond acceptors (Lipinski definition) is 10. The average molecular weight is 1630 g/mol. The van der Waals surface area contributed by atoms with E-state index in [1.807, 2.05) is 36.4 Å². The second-order valence-electron chi connectivity index (χ2n) is 44.5. The van der Waals surface area contributed by atoms with Crippen LogP contribution in [-0.2, 0) is 138 Å². The summed E-state index contributed by atoms with van der Waals surface area (Å²) in [7, 11) is 0. The monoisotopic (exact) mass is 1630 g/mol. The number of anilines is 4. The van der Waals surface area contributed by atoms with E-state index in [1.165, 1.54) is 0 Å². The first-order valence-electron chi connectivity index (χ1n) is 40.8. The summed E-state index contributed by atoms with van der Waals surface area (Å²) in [5.41, 5.74) is 16.0.